The molecule has 0 unspecified atom stereocenters. The first kappa shape index (κ1) is 21.1. The van der Waals surface area contributed by atoms with Crippen LogP contribution in [-0.4, -0.2) is 36.7 Å². The van der Waals surface area contributed by atoms with Gasteiger partial charge < -0.3 is 19.5 Å². The van der Waals surface area contributed by atoms with Crippen molar-refractivity contribution in [1.82, 2.24) is 4.98 Å². The van der Waals surface area contributed by atoms with Crippen molar-refractivity contribution in [2.24, 2.45) is 0 Å². The molecule has 7 nitrogen and oxygen atoms in total. The monoisotopic (exact) mass is 458 g/mol. The summed E-state index contributed by atoms with van der Waals surface area (Å²) in [6.45, 7) is 2.85. The Balaban J connectivity index is 1.54. The number of carbonyl (C=O) groups is 2. The van der Waals surface area contributed by atoms with Crippen LogP contribution in [0.4, 0.5) is 5.13 Å². The van der Waals surface area contributed by atoms with Crippen LogP contribution < -0.4 is 14.8 Å². The van der Waals surface area contributed by atoms with E-state index in [4.69, 9.17) is 25.8 Å². The second kappa shape index (κ2) is 9.36. The summed E-state index contributed by atoms with van der Waals surface area (Å²) in [6.07, 6.45) is 0.0609. The molecule has 2 aromatic carbocycles. The van der Waals surface area contributed by atoms with Crippen molar-refractivity contribution in [3.05, 3.63) is 57.9 Å². The van der Waals surface area contributed by atoms with Gasteiger partial charge >= 0.3 is 5.97 Å². The van der Waals surface area contributed by atoms with Crippen LogP contribution in [0, 0.1) is 0 Å². The van der Waals surface area contributed by atoms with Gasteiger partial charge in [-0.15, -0.1) is 0 Å². The number of hydrogen-bond acceptors (Lipinski definition) is 7. The SMILES string of the molecule is CCOC(=O)c1sc(NC(=O)Cc2cc(Cl)c3c(c2)OCCO3)nc1-c1ccccc1. The van der Waals surface area contributed by atoms with Gasteiger partial charge in [0.05, 0.1) is 23.7 Å². The van der Waals surface area contributed by atoms with E-state index < -0.39 is 5.97 Å². The van der Waals surface area contributed by atoms with Gasteiger partial charge in [-0.3, -0.25) is 4.79 Å². The van der Waals surface area contributed by atoms with Gasteiger partial charge in [0.15, 0.2) is 16.6 Å². The quantitative estimate of drug-likeness (QED) is 0.543. The maximum absolute atomic E-state index is 12.6. The molecule has 0 aliphatic carbocycles. The number of halogens is 1. The zero-order chi connectivity index (χ0) is 21.8. The van der Waals surface area contributed by atoms with Crippen LogP contribution in [0.5, 0.6) is 11.5 Å². The Hall–Kier alpha value is -3.10. The number of nitrogens with zero attached hydrogens (tertiary/aromatic N) is 1. The molecule has 31 heavy (non-hydrogen) atoms. The third kappa shape index (κ3) is 4.81. The minimum absolute atomic E-state index is 0.0609. The third-order valence-corrected chi connectivity index (χ3v) is 5.63. The summed E-state index contributed by atoms with van der Waals surface area (Å²) in [5.41, 5.74) is 1.92. The lowest BCUT2D eigenvalue weighted by atomic mass is 10.1. The first-order chi connectivity index (χ1) is 15.0. The van der Waals surface area contributed by atoms with Gasteiger partial charge in [-0.05, 0) is 24.6 Å². The molecule has 1 aliphatic rings. The van der Waals surface area contributed by atoms with Crippen molar-refractivity contribution < 1.29 is 23.8 Å². The fourth-order valence-corrected chi connectivity index (χ4v) is 4.30. The van der Waals surface area contributed by atoms with E-state index in [1.54, 1.807) is 19.1 Å². The van der Waals surface area contributed by atoms with Gasteiger partial charge in [0.2, 0.25) is 5.91 Å². The number of ether oxygens (including phenoxy) is 3. The maximum atomic E-state index is 12.6. The smallest absolute Gasteiger partial charge is 0.350 e. The van der Waals surface area contributed by atoms with Crippen molar-refractivity contribution in [3.8, 4) is 22.8 Å². The molecule has 0 atom stereocenters. The Kier molecular flexibility index (Phi) is 6.39. The molecule has 1 N–H and O–H groups in total. The molecule has 0 spiro atoms. The van der Waals surface area contributed by atoms with Crippen LogP contribution in [0.3, 0.4) is 0 Å². The molecular weight excluding hydrogens is 440 g/mol. The zero-order valence-corrected chi connectivity index (χ0v) is 18.2. The van der Waals surface area contributed by atoms with E-state index in [1.165, 1.54) is 0 Å². The molecule has 0 radical (unpaired) electrons. The highest BCUT2D eigenvalue weighted by Gasteiger charge is 2.22. The van der Waals surface area contributed by atoms with Crippen molar-refractivity contribution in [2.45, 2.75) is 13.3 Å². The molecule has 3 aromatic rings. The summed E-state index contributed by atoms with van der Waals surface area (Å²) < 4.78 is 16.2. The topological polar surface area (TPSA) is 86.8 Å². The number of amides is 1. The molecular formula is C22H19ClN2O5S. The van der Waals surface area contributed by atoms with Crippen molar-refractivity contribution in [2.75, 3.05) is 25.1 Å². The van der Waals surface area contributed by atoms with E-state index in [0.717, 1.165) is 16.9 Å². The summed E-state index contributed by atoms with van der Waals surface area (Å²) in [6, 6.07) is 12.7. The average Bonchev–Trinajstić information content (AvgIpc) is 3.18. The summed E-state index contributed by atoms with van der Waals surface area (Å²) >= 11 is 7.33. The molecule has 4 rings (SSSR count). The third-order valence-electron chi connectivity index (χ3n) is 4.40. The average molecular weight is 459 g/mol. The van der Waals surface area contributed by atoms with Crippen LogP contribution in [0.15, 0.2) is 42.5 Å². The Morgan fingerprint density at radius 3 is 2.74 bits per heavy atom. The summed E-state index contributed by atoms with van der Waals surface area (Å²) in [4.78, 5) is 29.8. The largest absolute Gasteiger partial charge is 0.486 e. The Morgan fingerprint density at radius 2 is 1.97 bits per heavy atom. The van der Waals surface area contributed by atoms with Crippen molar-refractivity contribution in [3.63, 3.8) is 0 Å². The first-order valence-corrected chi connectivity index (χ1v) is 10.9. The van der Waals surface area contributed by atoms with Crippen molar-refractivity contribution in [1.29, 1.82) is 0 Å². The number of carbonyl (C=O) groups excluding carboxylic acids is 2. The Labute approximate surface area is 187 Å². The maximum Gasteiger partial charge on any atom is 0.350 e. The Bertz CT molecular complexity index is 1120. The highest BCUT2D eigenvalue weighted by atomic mass is 35.5. The fourth-order valence-electron chi connectivity index (χ4n) is 3.12. The molecule has 1 aliphatic heterocycles. The molecule has 0 fully saturated rings. The van der Waals surface area contributed by atoms with Gasteiger partial charge in [0, 0.05) is 5.56 Å². The van der Waals surface area contributed by atoms with Crippen LogP contribution in [0.25, 0.3) is 11.3 Å². The lowest BCUT2D eigenvalue weighted by molar-refractivity contribution is -0.115. The molecule has 0 bridgehead atoms. The molecule has 160 valence electrons. The summed E-state index contributed by atoms with van der Waals surface area (Å²) in [5.74, 6) is 0.241. The van der Waals surface area contributed by atoms with E-state index in [0.29, 0.717) is 51.0 Å². The predicted octanol–water partition coefficient (Wildman–Crippen LogP) is 4.59. The normalized spacial score (nSPS) is 12.3. The van der Waals surface area contributed by atoms with Crippen LogP contribution in [0.1, 0.15) is 22.2 Å². The number of rotatable bonds is 6. The zero-order valence-electron chi connectivity index (χ0n) is 16.6. The minimum Gasteiger partial charge on any atom is -0.486 e. The number of esters is 1. The molecule has 0 saturated heterocycles. The van der Waals surface area contributed by atoms with E-state index in [-0.39, 0.29) is 18.9 Å². The highest BCUT2D eigenvalue weighted by Crippen LogP contribution is 2.38. The van der Waals surface area contributed by atoms with Crippen molar-refractivity contribution >= 4 is 39.9 Å². The standard InChI is InChI=1S/C22H19ClN2O5S/c1-2-28-21(27)20-18(14-6-4-3-5-7-14)25-22(31-20)24-17(26)12-13-10-15(23)19-16(11-13)29-8-9-30-19/h3-7,10-11H,2,8-9,12H2,1H3,(H,24,25,26). The van der Waals surface area contributed by atoms with Gasteiger partial charge in [-0.25, -0.2) is 9.78 Å². The van der Waals surface area contributed by atoms with Gasteiger partial charge in [-0.2, -0.15) is 0 Å². The number of nitrogens with one attached hydrogen (secondary N) is 1. The first-order valence-electron chi connectivity index (χ1n) is 9.66. The van der Waals surface area contributed by atoms with E-state index in [1.807, 2.05) is 30.3 Å². The molecule has 2 heterocycles. The summed E-state index contributed by atoms with van der Waals surface area (Å²) in [5, 5.41) is 3.47. The van der Waals surface area contributed by atoms with Crippen LogP contribution >= 0.6 is 22.9 Å². The highest BCUT2D eigenvalue weighted by molar-refractivity contribution is 7.18. The summed E-state index contributed by atoms with van der Waals surface area (Å²) in [7, 11) is 0. The number of fused-ring (bicyclic) bond motifs is 1. The van der Waals surface area contributed by atoms with E-state index in [9.17, 15) is 9.59 Å². The fraction of sp³-hybridized carbons (Fsp3) is 0.227. The molecule has 9 heteroatoms. The molecule has 1 amide bonds. The van der Waals surface area contributed by atoms with Crippen LogP contribution in [-0.2, 0) is 16.0 Å². The van der Waals surface area contributed by atoms with Gasteiger partial charge in [0.25, 0.3) is 0 Å². The molecule has 1 aromatic heterocycles. The van der Waals surface area contributed by atoms with E-state index >= 15 is 0 Å². The second-order valence-corrected chi connectivity index (χ2v) is 8.02. The van der Waals surface area contributed by atoms with Gasteiger partial charge in [0.1, 0.15) is 18.1 Å². The Morgan fingerprint density at radius 1 is 1.19 bits per heavy atom. The number of thiazole rings is 1. The predicted molar refractivity (Wildman–Crippen MR) is 118 cm³/mol. The number of hydrogen-bond donors (Lipinski definition) is 1. The minimum atomic E-state index is -0.474. The number of anilines is 1. The second-order valence-electron chi connectivity index (χ2n) is 6.61. The van der Waals surface area contributed by atoms with Gasteiger partial charge in [-0.1, -0.05) is 53.3 Å². The van der Waals surface area contributed by atoms with E-state index in [2.05, 4.69) is 10.3 Å². The number of benzene rings is 2. The lowest BCUT2D eigenvalue weighted by Gasteiger charge is -2.20. The molecule has 0 saturated carbocycles. The lowest BCUT2D eigenvalue weighted by Crippen LogP contribution is -2.17. The van der Waals surface area contributed by atoms with Crippen LogP contribution in [0.2, 0.25) is 5.02 Å². The number of aromatic nitrogens is 1.